The minimum atomic E-state index is -0.0238. The van der Waals surface area contributed by atoms with Gasteiger partial charge in [0.25, 0.3) is 0 Å². The molecule has 74 valence electrons. The molecule has 0 spiro atoms. The SMILES string of the molecule is CC(=O)NC1Nc2cc(C)ccc2S1. The minimum Gasteiger partial charge on any atom is -0.356 e. The van der Waals surface area contributed by atoms with Gasteiger partial charge >= 0.3 is 0 Å². The predicted octanol–water partition coefficient (Wildman–Crippen LogP) is 1.93. The maximum absolute atomic E-state index is 10.9. The molecular weight excluding hydrogens is 196 g/mol. The summed E-state index contributed by atoms with van der Waals surface area (Å²) < 4.78 is 0. The molecule has 1 aromatic carbocycles. The second-order valence-electron chi connectivity index (χ2n) is 3.34. The first-order chi connectivity index (χ1) is 6.65. The van der Waals surface area contributed by atoms with Gasteiger partial charge in [-0.3, -0.25) is 4.79 Å². The largest absolute Gasteiger partial charge is 0.356 e. The Morgan fingerprint density at radius 1 is 1.57 bits per heavy atom. The van der Waals surface area contributed by atoms with Crippen LogP contribution >= 0.6 is 11.8 Å². The highest BCUT2D eigenvalue weighted by Crippen LogP contribution is 2.37. The molecule has 0 saturated heterocycles. The van der Waals surface area contributed by atoms with Crippen molar-refractivity contribution in [3.63, 3.8) is 0 Å². The second kappa shape index (κ2) is 3.53. The number of hydrogen-bond acceptors (Lipinski definition) is 3. The van der Waals surface area contributed by atoms with Crippen LogP contribution in [0, 0.1) is 6.92 Å². The fraction of sp³-hybridized carbons (Fsp3) is 0.300. The molecule has 3 nitrogen and oxygen atoms in total. The Hall–Kier alpha value is -1.16. The van der Waals surface area contributed by atoms with Crippen LogP contribution in [-0.4, -0.2) is 11.4 Å². The first kappa shape index (κ1) is 9.40. The Kier molecular flexibility index (Phi) is 2.37. The summed E-state index contributed by atoms with van der Waals surface area (Å²) >= 11 is 1.63. The predicted molar refractivity (Wildman–Crippen MR) is 58.3 cm³/mol. The summed E-state index contributed by atoms with van der Waals surface area (Å²) in [5.74, 6) is -0.0143. The quantitative estimate of drug-likeness (QED) is 0.741. The van der Waals surface area contributed by atoms with E-state index in [2.05, 4.69) is 35.8 Å². The Bertz CT molecular complexity index is 378. The van der Waals surface area contributed by atoms with Crippen LogP contribution in [0.1, 0.15) is 12.5 Å². The van der Waals surface area contributed by atoms with Crippen LogP contribution in [0.4, 0.5) is 5.69 Å². The summed E-state index contributed by atoms with van der Waals surface area (Å²) in [6, 6.07) is 6.23. The molecule has 2 N–H and O–H groups in total. The molecule has 0 saturated carbocycles. The van der Waals surface area contributed by atoms with E-state index in [4.69, 9.17) is 0 Å². The maximum Gasteiger partial charge on any atom is 0.219 e. The smallest absolute Gasteiger partial charge is 0.219 e. The summed E-state index contributed by atoms with van der Waals surface area (Å²) in [5, 5.41) is 6.06. The molecule has 1 aliphatic rings. The van der Waals surface area contributed by atoms with E-state index < -0.39 is 0 Å². The van der Waals surface area contributed by atoms with Crippen molar-refractivity contribution in [2.45, 2.75) is 24.2 Å². The molecule has 1 heterocycles. The van der Waals surface area contributed by atoms with E-state index in [9.17, 15) is 4.79 Å². The molecule has 2 rings (SSSR count). The zero-order chi connectivity index (χ0) is 10.1. The summed E-state index contributed by atoms with van der Waals surface area (Å²) in [6.07, 6.45) is 0. The van der Waals surface area contributed by atoms with Gasteiger partial charge in [-0.2, -0.15) is 0 Å². The van der Waals surface area contributed by atoms with E-state index in [0.717, 1.165) is 5.69 Å². The standard InChI is InChI=1S/C10H12N2OS/c1-6-3-4-9-8(5-6)12-10(14-9)11-7(2)13/h3-5,10,12H,1-2H3,(H,11,13). The number of aryl methyl sites for hydroxylation is 1. The van der Waals surface area contributed by atoms with Crippen molar-refractivity contribution in [2.24, 2.45) is 0 Å². The number of benzene rings is 1. The average molecular weight is 208 g/mol. The third-order valence-corrected chi connectivity index (χ3v) is 3.08. The summed E-state index contributed by atoms with van der Waals surface area (Å²) in [7, 11) is 0. The van der Waals surface area contributed by atoms with Crippen LogP contribution in [0.5, 0.6) is 0 Å². The lowest BCUT2D eigenvalue weighted by molar-refractivity contribution is -0.119. The number of amides is 1. The number of hydrogen-bond donors (Lipinski definition) is 2. The van der Waals surface area contributed by atoms with E-state index in [-0.39, 0.29) is 11.4 Å². The van der Waals surface area contributed by atoms with E-state index in [1.54, 1.807) is 11.8 Å². The van der Waals surface area contributed by atoms with Gasteiger partial charge in [-0.05, 0) is 24.6 Å². The molecule has 1 atom stereocenters. The molecule has 0 aromatic heterocycles. The number of fused-ring (bicyclic) bond motifs is 1. The number of anilines is 1. The van der Waals surface area contributed by atoms with Crippen LogP contribution in [0.25, 0.3) is 0 Å². The third kappa shape index (κ3) is 1.85. The van der Waals surface area contributed by atoms with Crippen LogP contribution in [0.3, 0.4) is 0 Å². The zero-order valence-electron chi connectivity index (χ0n) is 8.13. The van der Waals surface area contributed by atoms with Crippen LogP contribution in [0.2, 0.25) is 0 Å². The number of carbonyl (C=O) groups excluding carboxylic acids is 1. The van der Waals surface area contributed by atoms with Gasteiger partial charge in [-0.25, -0.2) is 0 Å². The molecule has 1 amide bonds. The first-order valence-electron chi connectivity index (χ1n) is 4.46. The Labute approximate surface area is 87.3 Å². The third-order valence-electron chi connectivity index (χ3n) is 2.00. The van der Waals surface area contributed by atoms with Gasteiger partial charge in [0.15, 0.2) is 5.50 Å². The molecule has 1 aliphatic heterocycles. The van der Waals surface area contributed by atoms with Crippen molar-refractivity contribution in [1.82, 2.24) is 5.32 Å². The molecule has 0 aliphatic carbocycles. The van der Waals surface area contributed by atoms with Crippen molar-refractivity contribution in [3.05, 3.63) is 23.8 Å². The monoisotopic (exact) mass is 208 g/mol. The molecule has 0 bridgehead atoms. The molecule has 14 heavy (non-hydrogen) atoms. The molecule has 0 fully saturated rings. The van der Waals surface area contributed by atoms with Gasteiger partial charge in [-0.1, -0.05) is 17.8 Å². The first-order valence-corrected chi connectivity index (χ1v) is 5.34. The summed E-state index contributed by atoms with van der Waals surface area (Å²) in [6.45, 7) is 3.58. The Morgan fingerprint density at radius 2 is 2.36 bits per heavy atom. The fourth-order valence-electron chi connectivity index (χ4n) is 1.41. The Morgan fingerprint density at radius 3 is 3.07 bits per heavy atom. The van der Waals surface area contributed by atoms with Crippen LogP contribution < -0.4 is 10.6 Å². The zero-order valence-corrected chi connectivity index (χ0v) is 8.94. The van der Waals surface area contributed by atoms with Gasteiger partial charge < -0.3 is 10.6 Å². The van der Waals surface area contributed by atoms with E-state index in [0.29, 0.717) is 0 Å². The number of thioether (sulfide) groups is 1. The van der Waals surface area contributed by atoms with E-state index in [1.165, 1.54) is 17.4 Å². The van der Waals surface area contributed by atoms with E-state index >= 15 is 0 Å². The van der Waals surface area contributed by atoms with Gasteiger partial charge in [0.05, 0.1) is 5.69 Å². The van der Waals surface area contributed by atoms with Crippen molar-refractivity contribution < 1.29 is 4.79 Å². The Balaban J connectivity index is 2.14. The second-order valence-corrected chi connectivity index (χ2v) is 4.49. The van der Waals surface area contributed by atoms with Crippen molar-refractivity contribution in [3.8, 4) is 0 Å². The highest BCUT2D eigenvalue weighted by atomic mass is 32.2. The number of rotatable bonds is 1. The normalized spacial score (nSPS) is 18.6. The van der Waals surface area contributed by atoms with Crippen molar-refractivity contribution >= 4 is 23.4 Å². The molecule has 1 aromatic rings. The number of carbonyl (C=O) groups is 1. The molecular formula is C10H12N2OS. The molecule has 0 radical (unpaired) electrons. The molecule has 1 unspecified atom stereocenters. The lowest BCUT2D eigenvalue weighted by atomic mass is 10.2. The van der Waals surface area contributed by atoms with Crippen molar-refractivity contribution in [1.29, 1.82) is 0 Å². The van der Waals surface area contributed by atoms with Crippen LogP contribution in [0.15, 0.2) is 23.1 Å². The number of nitrogens with one attached hydrogen (secondary N) is 2. The molecule has 4 heteroatoms. The summed E-state index contributed by atoms with van der Waals surface area (Å²) in [5.41, 5.74) is 2.30. The fourth-order valence-corrected chi connectivity index (χ4v) is 2.46. The van der Waals surface area contributed by atoms with Gasteiger partial charge in [0.2, 0.25) is 5.91 Å². The highest BCUT2D eigenvalue weighted by Gasteiger charge is 2.21. The summed E-state index contributed by atoms with van der Waals surface area (Å²) in [4.78, 5) is 12.0. The topological polar surface area (TPSA) is 41.1 Å². The highest BCUT2D eigenvalue weighted by molar-refractivity contribution is 8.00. The maximum atomic E-state index is 10.9. The van der Waals surface area contributed by atoms with Gasteiger partial charge in [-0.15, -0.1) is 0 Å². The van der Waals surface area contributed by atoms with Gasteiger partial charge in [0, 0.05) is 11.8 Å². The lowest BCUT2D eigenvalue weighted by Crippen LogP contribution is -2.33. The van der Waals surface area contributed by atoms with Crippen LogP contribution in [-0.2, 0) is 4.79 Å². The average Bonchev–Trinajstić information content (AvgIpc) is 2.44. The van der Waals surface area contributed by atoms with Crippen molar-refractivity contribution in [2.75, 3.05) is 5.32 Å². The lowest BCUT2D eigenvalue weighted by Gasteiger charge is -2.10. The van der Waals surface area contributed by atoms with Gasteiger partial charge in [0.1, 0.15) is 0 Å². The minimum absolute atomic E-state index is 0.0143. The van der Waals surface area contributed by atoms with E-state index in [1.807, 2.05) is 0 Å².